The summed E-state index contributed by atoms with van der Waals surface area (Å²) < 4.78 is 31.5. The standard InChI is InChI=1S/C35H60IN4O6P/c1-34(2,3)46-33(41)39(5)17-16-38(4)24-31-25-40(47-36)37-32(31)30-6-14-35(15-7-30,26-44-22-12-28-8-18-42-19-9-28)27-45-23-13-29-10-20-43-21-11-29/h6,25,28-29,47H,7-24,26-27H2,1-5H3. The van der Waals surface area contributed by atoms with Crippen molar-refractivity contribution in [2.45, 2.75) is 90.7 Å². The Balaban J connectivity index is 1.35. The van der Waals surface area contributed by atoms with Gasteiger partial charge >= 0.3 is 6.09 Å². The second kappa shape index (κ2) is 19.5. The number of carbonyl (C=O) groups excluding carboxylic acids is 1. The van der Waals surface area contributed by atoms with E-state index >= 15 is 0 Å². The molecule has 10 nitrogen and oxygen atoms in total. The van der Waals surface area contributed by atoms with Crippen molar-refractivity contribution in [3.63, 3.8) is 0 Å². The molecule has 2 fully saturated rings. The van der Waals surface area contributed by atoms with Crippen LogP contribution in [0.5, 0.6) is 0 Å². The van der Waals surface area contributed by atoms with E-state index in [2.05, 4.69) is 50.7 Å². The van der Waals surface area contributed by atoms with Gasteiger partial charge in [0.05, 0.1) is 25.3 Å². The smallest absolute Gasteiger partial charge is 0.410 e. The van der Waals surface area contributed by atoms with Gasteiger partial charge in [-0.2, -0.15) is 5.10 Å². The number of nitrogens with zero attached hydrogens (tertiary/aromatic N) is 4. The van der Waals surface area contributed by atoms with E-state index in [1.165, 1.54) is 11.1 Å². The summed E-state index contributed by atoms with van der Waals surface area (Å²) in [5.41, 5.74) is 3.16. The van der Waals surface area contributed by atoms with Crippen LogP contribution in [0.1, 0.15) is 89.8 Å². The van der Waals surface area contributed by atoms with Gasteiger partial charge in [0.2, 0.25) is 0 Å². The van der Waals surface area contributed by atoms with Crippen molar-refractivity contribution in [2.24, 2.45) is 17.3 Å². The number of allylic oxidation sites excluding steroid dienone is 2. The van der Waals surface area contributed by atoms with E-state index in [4.69, 9.17) is 28.8 Å². The monoisotopic (exact) mass is 790 g/mol. The minimum Gasteiger partial charge on any atom is -0.444 e. The quantitative estimate of drug-likeness (QED) is 0.0932. The minimum atomic E-state index is -0.500. The van der Waals surface area contributed by atoms with Crippen LogP contribution in [0.4, 0.5) is 4.79 Å². The van der Waals surface area contributed by atoms with E-state index < -0.39 is 5.60 Å². The molecule has 1 unspecified atom stereocenters. The van der Waals surface area contributed by atoms with Crippen LogP contribution < -0.4 is 0 Å². The van der Waals surface area contributed by atoms with Crippen molar-refractivity contribution < 1.29 is 28.5 Å². The SMILES string of the molecule is CN(CCN(C)C(=O)OC(C)(C)C)Cc1cn(PI)nc1C1=CCC(COCCC2CCOCC2)(COCCC2CCOCC2)CC1. The highest BCUT2D eigenvalue weighted by molar-refractivity contribution is 14.2. The van der Waals surface area contributed by atoms with E-state index in [0.29, 0.717) is 12.9 Å². The highest BCUT2D eigenvalue weighted by Gasteiger charge is 2.34. The molecule has 1 aromatic heterocycles. The van der Waals surface area contributed by atoms with Gasteiger partial charge in [0.15, 0.2) is 0 Å². The zero-order chi connectivity index (χ0) is 33.7. The molecule has 1 amide bonds. The molecule has 2 saturated heterocycles. The third kappa shape index (κ3) is 13.4. The fraction of sp³-hybridized carbons (Fsp3) is 0.829. The molecule has 3 aliphatic rings. The first-order chi connectivity index (χ1) is 22.6. The summed E-state index contributed by atoms with van der Waals surface area (Å²) in [5, 5.41) is 5.03. The summed E-state index contributed by atoms with van der Waals surface area (Å²) in [6.07, 6.45) is 14.6. The molecule has 1 aromatic rings. The first kappa shape index (κ1) is 39.0. The van der Waals surface area contributed by atoms with Crippen LogP contribution in [0.2, 0.25) is 0 Å². The Labute approximate surface area is 298 Å². The van der Waals surface area contributed by atoms with Gasteiger partial charge in [0.1, 0.15) is 5.60 Å². The zero-order valence-corrected chi connectivity index (χ0v) is 32.7. The van der Waals surface area contributed by atoms with Crippen LogP contribution in [0, 0.1) is 17.3 Å². The second-order valence-electron chi connectivity index (χ2n) is 14.9. The molecule has 0 radical (unpaired) electrons. The molecule has 0 saturated carbocycles. The summed E-state index contributed by atoms with van der Waals surface area (Å²) in [4.78, 5) is 16.3. The van der Waals surface area contributed by atoms with Gasteiger partial charge in [0, 0.05) is 83.5 Å². The lowest BCUT2D eigenvalue weighted by molar-refractivity contribution is -0.0374. The lowest BCUT2D eigenvalue weighted by Gasteiger charge is -2.36. The fourth-order valence-corrected chi connectivity index (χ4v) is 7.65. The van der Waals surface area contributed by atoms with Gasteiger partial charge in [-0.1, -0.05) is 6.08 Å². The first-order valence-electron chi connectivity index (χ1n) is 17.6. The molecule has 4 rings (SSSR count). The van der Waals surface area contributed by atoms with Crippen molar-refractivity contribution in [3.8, 4) is 0 Å². The van der Waals surface area contributed by atoms with Crippen molar-refractivity contribution in [1.29, 1.82) is 0 Å². The molecule has 47 heavy (non-hydrogen) atoms. The van der Waals surface area contributed by atoms with Crippen LogP contribution in [0.3, 0.4) is 0 Å². The number of rotatable bonds is 17. The Morgan fingerprint density at radius 1 is 1.02 bits per heavy atom. The number of hydrogen-bond donors (Lipinski definition) is 0. The van der Waals surface area contributed by atoms with Crippen molar-refractivity contribution in [1.82, 2.24) is 19.4 Å². The average molecular weight is 791 g/mol. The Kier molecular flexibility index (Phi) is 16.2. The summed E-state index contributed by atoms with van der Waals surface area (Å²) in [5.74, 6) is 1.44. The maximum atomic E-state index is 12.4. The predicted octanol–water partition coefficient (Wildman–Crippen LogP) is 7.19. The molecule has 2 aliphatic heterocycles. The van der Waals surface area contributed by atoms with Gasteiger partial charge in [0.25, 0.3) is 0 Å². The molecule has 0 spiro atoms. The van der Waals surface area contributed by atoms with Crippen LogP contribution >= 0.6 is 28.4 Å². The molecule has 268 valence electrons. The van der Waals surface area contributed by atoms with Crippen molar-refractivity contribution in [2.75, 3.05) is 80.0 Å². The molecule has 0 aromatic carbocycles. The lowest BCUT2D eigenvalue weighted by atomic mass is 9.75. The largest absolute Gasteiger partial charge is 0.444 e. The summed E-state index contributed by atoms with van der Waals surface area (Å²) in [6, 6.07) is 0. The van der Waals surface area contributed by atoms with Crippen LogP contribution in [-0.2, 0) is 30.2 Å². The maximum Gasteiger partial charge on any atom is 0.410 e. The number of aromatic nitrogens is 2. The highest BCUT2D eigenvalue weighted by atomic mass is 127. The summed E-state index contributed by atoms with van der Waals surface area (Å²) >= 11 is 2.40. The summed E-state index contributed by atoms with van der Waals surface area (Å²) in [6.45, 7) is 14.4. The topological polar surface area (TPSA) is 87.5 Å². The van der Waals surface area contributed by atoms with E-state index in [1.54, 1.807) is 11.9 Å². The number of ether oxygens (including phenoxy) is 5. The average Bonchev–Trinajstić information content (AvgIpc) is 3.47. The highest BCUT2D eigenvalue weighted by Crippen LogP contribution is 2.41. The number of amides is 1. The molecule has 1 aliphatic carbocycles. The van der Waals surface area contributed by atoms with Gasteiger partial charge in [-0.25, -0.2) is 9.25 Å². The Hall–Kier alpha value is -0.820. The number of halogens is 1. The minimum absolute atomic E-state index is 0.00830. The molecule has 0 N–H and O–H groups in total. The van der Waals surface area contributed by atoms with E-state index in [1.807, 2.05) is 20.8 Å². The third-order valence-corrected chi connectivity index (χ3v) is 11.6. The molecular formula is C35H60IN4O6P. The van der Waals surface area contributed by atoms with Crippen LogP contribution in [0.15, 0.2) is 12.3 Å². The van der Waals surface area contributed by atoms with Crippen LogP contribution in [0.25, 0.3) is 5.57 Å². The first-order valence-corrected chi connectivity index (χ1v) is 21.7. The number of carbonyl (C=O) groups is 1. The van der Waals surface area contributed by atoms with Crippen LogP contribution in [-0.4, -0.2) is 111 Å². The third-order valence-electron chi connectivity index (χ3n) is 9.69. The zero-order valence-electron chi connectivity index (χ0n) is 29.6. The Morgan fingerprint density at radius 3 is 2.13 bits per heavy atom. The molecule has 3 heterocycles. The van der Waals surface area contributed by atoms with E-state index in [-0.39, 0.29) is 11.5 Å². The van der Waals surface area contributed by atoms with Crippen molar-refractivity contribution >= 4 is 40.1 Å². The molecule has 12 heteroatoms. The van der Waals surface area contributed by atoms with Gasteiger partial charge < -0.3 is 33.5 Å². The molecule has 1 atom stereocenters. The van der Waals surface area contributed by atoms with Gasteiger partial charge in [-0.3, -0.25) is 0 Å². The molecule has 0 bridgehead atoms. The number of hydrogen-bond acceptors (Lipinski definition) is 8. The maximum absolute atomic E-state index is 12.4. The van der Waals surface area contributed by atoms with Gasteiger partial charge in [-0.15, -0.1) is 0 Å². The van der Waals surface area contributed by atoms with Gasteiger partial charge in [-0.05, 0) is 125 Å². The van der Waals surface area contributed by atoms with E-state index in [0.717, 1.165) is 141 Å². The second-order valence-corrected chi connectivity index (χ2v) is 17.0. The lowest BCUT2D eigenvalue weighted by Crippen LogP contribution is -2.38. The van der Waals surface area contributed by atoms with E-state index in [9.17, 15) is 4.79 Å². The molecular weight excluding hydrogens is 730 g/mol. The fourth-order valence-electron chi connectivity index (χ4n) is 6.57. The Morgan fingerprint density at radius 2 is 1.62 bits per heavy atom. The predicted molar refractivity (Wildman–Crippen MR) is 197 cm³/mol. The summed E-state index contributed by atoms with van der Waals surface area (Å²) in [7, 11) is 3.90. The normalized spacial score (nSPS) is 19.9. The van der Waals surface area contributed by atoms with Crippen molar-refractivity contribution in [3.05, 3.63) is 23.5 Å². The number of likely N-dealkylation sites (N-methyl/N-ethyl adjacent to an activating group) is 2. The Bertz CT molecular complexity index is 1090.